The molecule has 1 aromatic carbocycles. The Bertz CT molecular complexity index is 664. The largest absolute Gasteiger partial charge is 0.437 e. The van der Waals surface area contributed by atoms with Crippen LogP contribution in [0.25, 0.3) is 0 Å². The standard InChI is InChI=1S/C17H19N3O/c1-5-12-6-7-15(14(8-12)17(2,3)4)21-16-11-19-13(9-18)10-20-16/h6-8,10-11H,5H2,1-4H3. The Morgan fingerprint density at radius 3 is 2.48 bits per heavy atom. The summed E-state index contributed by atoms with van der Waals surface area (Å²) in [5.74, 6) is 1.17. The van der Waals surface area contributed by atoms with Crippen molar-refractivity contribution in [3.8, 4) is 17.7 Å². The van der Waals surface area contributed by atoms with Crippen molar-refractivity contribution in [3.05, 3.63) is 47.4 Å². The lowest BCUT2D eigenvalue weighted by molar-refractivity contribution is 0.437. The fourth-order valence-corrected chi connectivity index (χ4v) is 2.01. The molecule has 0 N–H and O–H groups in total. The van der Waals surface area contributed by atoms with Crippen LogP contribution in [0, 0.1) is 11.3 Å². The zero-order chi connectivity index (χ0) is 15.5. The van der Waals surface area contributed by atoms with Gasteiger partial charge < -0.3 is 4.74 Å². The molecule has 108 valence electrons. The van der Waals surface area contributed by atoms with Crippen molar-refractivity contribution in [3.63, 3.8) is 0 Å². The second-order valence-corrected chi connectivity index (χ2v) is 5.89. The second kappa shape index (κ2) is 5.92. The zero-order valence-corrected chi connectivity index (χ0v) is 12.8. The fraction of sp³-hybridized carbons (Fsp3) is 0.353. The molecule has 0 radical (unpaired) electrons. The number of aryl methyl sites for hydroxylation is 1. The molecule has 2 aromatic rings. The molecular weight excluding hydrogens is 262 g/mol. The third-order valence-electron chi connectivity index (χ3n) is 3.22. The number of rotatable bonds is 3. The lowest BCUT2D eigenvalue weighted by Crippen LogP contribution is -2.13. The van der Waals surface area contributed by atoms with Crippen LogP contribution < -0.4 is 4.74 Å². The van der Waals surface area contributed by atoms with Crippen LogP contribution in [0.1, 0.15) is 44.5 Å². The topological polar surface area (TPSA) is 58.8 Å². The monoisotopic (exact) mass is 281 g/mol. The summed E-state index contributed by atoms with van der Waals surface area (Å²) in [6.07, 6.45) is 3.87. The van der Waals surface area contributed by atoms with Crippen LogP contribution in [0.15, 0.2) is 30.6 Å². The quantitative estimate of drug-likeness (QED) is 0.853. The van der Waals surface area contributed by atoms with E-state index in [0.29, 0.717) is 5.88 Å². The molecule has 0 aliphatic rings. The van der Waals surface area contributed by atoms with Gasteiger partial charge in [-0.3, -0.25) is 0 Å². The van der Waals surface area contributed by atoms with Crippen LogP contribution in [0.4, 0.5) is 0 Å². The predicted molar refractivity (Wildman–Crippen MR) is 81.3 cm³/mol. The molecule has 2 rings (SSSR count). The van der Waals surface area contributed by atoms with Crippen molar-refractivity contribution in [2.24, 2.45) is 0 Å². The average molecular weight is 281 g/mol. The molecule has 0 fully saturated rings. The van der Waals surface area contributed by atoms with Gasteiger partial charge in [0.2, 0.25) is 5.88 Å². The number of aromatic nitrogens is 2. The van der Waals surface area contributed by atoms with Gasteiger partial charge in [-0.25, -0.2) is 9.97 Å². The fourth-order valence-electron chi connectivity index (χ4n) is 2.01. The molecular formula is C17H19N3O. The highest BCUT2D eigenvalue weighted by molar-refractivity contribution is 5.43. The molecule has 0 unspecified atom stereocenters. The Kier molecular flexibility index (Phi) is 4.23. The van der Waals surface area contributed by atoms with Gasteiger partial charge in [0.05, 0.1) is 12.4 Å². The van der Waals surface area contributed by atoms with Crippen LogP contribution in [0.2, 0.25) is 0 Å². The lowest BCUT2D eigenvalue weighted by Gasteiger charge is -2.23. The molecule has 0 atom stereocenters. The smallest absolute Gasteiger partial charge is 0.237 e. The molecule has 1 aromatic heterocycles. The van der Waals surface area contributed by atoms with E-state index in [9.17, 15) is 0 Å². The number of nitrogens with zero attached hydrogens (tertiary/aromatic N) is 3. The van der Waals surface area contributed by atoms with E-state index in [1.807, 2.05) is 12.1 Å². The number of hydrogen-bond donors (Lipinski definition) is 0. The highest BCUT2D eigenvalue weighted by Crippen LogP contribution is 2.34. The first-order valence-corrected chi connectivity index (χ1v) is 6.97. The van der Waals surface area contributed by atoms with Crippen molar-refractivity contribution in [1.29, 1.82) is 5.26 Å². The highest BCUT2D eigenvalue weighted by atomic mass is 16.5. The first kappa shape index (κ1) is 15.0. The average Bonchev–Trinajstić information content (AvgIpc) is 2.47. The Morgan fingerprint density at radius 2 is 1.95 bits per heavy atom. The van der Waals surface area contributed by atoms with E-state index in [0.717, 1.165) is 17.7 Å². The minimum atomic E-state index is -0.0272. The van der Waals surface area contributed by atoms with E-state index < -0.39 is 0 Å². The number of benzene rings is 1. The van der Waals surface area contributed by atoms with E-state index in [1.54, 1.807) is 0 Å². The Balaban J connectivity index is 2.36. The highest BCUT2D eigenvalue weighted by Gasteiger charge is 2.20. The van der Waals surface area contributed by atoms with E-state index >= 15 is 0 Å². The molecule has 0 aliphatic heterocycles. The van der Waals surface area contributed by atoms with Crippen LogP contribution in [-0.2, 0) is 11.8 Å². The first-order chi connectivity index (χ1) is 9.94. The van der Waals surface area contributed by atoms with E-state index in [-0.39, 0.29) is 11.1 Å². The molecule has 0 aliphatic carbocycles. The summed E-state index contributed by atoms with van der Waals surface area (Å²) in [7, 11) is 0. The Labute approximate surface area is 125 Å². The van der Waals surface area contributed by atoms with Crippen LogP contribution in [0.5, 0.6) is 11.6 Å². The summed E-state index contributed by atoms with van der Waals surface area (Å²) in [5, 5.41) is 8.73. The third-order valence-corrected chi connectivity index (χ3v) is 3.22. The van der Waals surface area contributed by atoms with Crippen molar-refractivity contribution in [2.45, 2.75) is 39.5 Å². The molecule has 0 saturated carbocycles. The molecule has 0 bridgehead atoms. The summed E-state index contributed by atoms with van der Waals surface area (Å²) < 4.78 is 5.85. The minimum Gasteiger partial charge on any atom is -0.437 e. The Hall–Kier alpha value is -2.41. The third kappa shape index (κ3) is 3.57. The van der Waals surface area contributed by atoms with Gasteiger partial charge in [-0.2, -0.15) is 5.26 Å². The molecule has 0 spiro atoms. The molecule has 0 amide bonds. The number of ether oxygens (including phenoxy) is 1. The van der Waals surface area contributed by atoms with Gasteiger partial charge >= 0.3 is 0 Å². The lowest BCUT2D eigenvalue weighted by atomic mass is 9.85. The SMILES string of the molecule is CCc1ccc(Oc2cnc(C#N)cn2)c(C(C)(C)C)c1. The van der Waals surface area contributed by atoms with Crippen molar-refractivity contribution < 1.29 is 4.74 Å². The van der Waals surface area contributed by atoms with E-state index in [2.05, 4.69) is 49.8 Å². The van der Waals surface area contributed by atoms with Crippen molar-refractivity contribution >= 4 is 0 Å². The Morgan fingerprint density at radius 1 is 1.19 bits per heavy atom. The maximum atomic E-state index is 8.73. The van der Waals surface area contributed by atoms with Gasteiger partial charge in [-0.1, -0.05) is 39.8 Å². The van der Waals surface area contributed by atoms with Crippen molar-refractivity contribution in [1.82, 2.24) is 9.97 Å². The minimum absolute atomic E-state index is 0.0272. The van der Waals surface area contributed by atoms with Gasteiger partial charge in [-0.15, -0.1) is 0 Å². The summed E-state index contributed by atoms with van der Waals surface area (Å²) in [4.78, 5) is 8.07. The first-order valence-electron chi connectivity index (χ1n) is 6.97. The van der Waals surface area contributed by atoms with E-state index in [1.165, 1.54) is 18.0 Å². The summed E-state index contributed by atoms with van der Waals surface area (Å²) in [6, 6.07) is 8.14. The number of nitriles is 1. The van der Waals surface area contributed by atoms with Gasteiger partial charge in [0.15, 0.2) is 5.69 Å². The number of hydrogen-bond acceptors (Lipinski definition) is 4. The molecule has 4 heteroatoms. The summed E-state index contributed by atoms with van der Waals surface area (Å²) in [5.41, 5.74) is 2.66. The molecule has 1 heterocycles. The van der Waals surface area contributed by atoms with Crippen LogP contribution in [-0.4, -0.2) is 9.97 Å². The van der Waals surface area contributed by atoms with Gasteiger partial charge in [-0.05, 0) is 23.5 Å². The second-order valence-electron chi connectivity index (χ2n) is 5.89. The predicted octanol–water partition coefficient (Wildman–Crippen LogP) is 4.00. The zero-order valence-electron chi connectivity index (χ0n) is 12.8. The summed E-state index contributed by atoms with van der Waals surface area (Å²) >= 11 is 0. The summed E-state index contributed by atoms with van der Waals surface area (Å²) in [6.45, 7) is 8.59. The van der Waals surface area contributed by atoms with Gasteiger partial charge in [0.1, 0.15) is 11.8 Å². The normalized spacial score (nSPS) is 11.0. The maximum absolute atomic E-state index is 8.73. The molecule has 0 saturated heterocycles. The van der Waals surface area contributed by atoms with E-state index in [4.69, 9.17) is 10.00 Å². The van der Waals surface area contributed by atoms with Crippen molar-refractivity contribution in [2.75, 3.05) is 0 Å². The van der Waals surface area contributed by atoms with Crippen LogP contribution in [0.3, 0.4) is 0 Å². The van der Waals surface area contributed by atoms with Gasteiger partial charge in [0, 0.05) is 5.56 Å². The maximum Gasteiger partial charge on any atom is 0.237 e. The van der Waals surface area contributed by atoms with Gasteiger partial charge in [0.25, 0.3) is 0 Å². The molecule has 21 heavy (non-hydrogen) atoms. The van der Waals surface area contributed by atoms with Crippen LogP contribution >= 0.6 is 0 Å². The molecule has 4 nitrogen and oxygen atoms in total.